The minimum Gasteiger partial charge on any atom is -0.337 e. The average molecular weight is 346 g/mol. The first-order valence-corrected chi connectivity index (χ1v) is 9.09. The molecule has 0 radical (unpaired) electrons. The first-order chi connectivity index (χ1) is 12.3. The number of thioether (sulfide) groups is 1. The van der Waals surface area contributed by atoms with E-state index in [1.165, 1.54) is 0 Å². The van der Waals surface area contributed by atoms with Gasteiger partial charge in [0.15, 0.2) is 5.16 Å². The number of benzene rings is 2. The lowest BCUT2D eigenvalue weighted by atomic mass is 10.1. The van der Waals surface area contributed by atoms with Crippen molar-refractivity contribution in [3.05, 3.63) is 78.9 Å². The molecule has 0 aliphatic rings. The van der Waals surface area contributed by atoms with E-state index in [4.69, 9.17) is 4.98 Å². The highest BCUT2D eigenvalue weighted by molar-refractivity contribution is 7.98. The van der Waals surface area contributed by atoms with Crippen molar-refractivity contribution in [2.45, 2.75) is 10.9 Å². The Balaban J connectivity index is 1.70. The predicted octanol–water partition coefficient (Wildman–Crippen LogP) is 4.77. The van der Waals surface area contributed by atoms with E-state index in [1.807, 2.05) is 60.4 Å². The molecule has 4 nitrogen and oxygen atoms in total. The number of imidazole rings is 2. The van der Waals surface area contributed by atoms with Gasteiger partial charge < -0.3 is 9.55 Å². The highest BCUT2D eigenvalue weighted by atomic mass is 32.2. The molecule has 0 aliphatic heterocycles. The Bertz CT molecular complexity index is 901. The topological polar surface area (TPSA) is 46.5 Å². The van der Waals surface area contributed by atoms with Crippen LogP contribution >= 0.6 is 11.8 Å². The van der Waals surface area contributed by atoms with Gasteiger partial charge in [-0.15, -0.1) is 0 Å². The molecule has 0 atom stereocenters. The summed E-state index contributed by atoms with van der Waals surface area (Å²) < 4.78 is 2.03. The molecular formula is C20H18N4S. The number of aromatic nitrogens is 4. The Morgan fingerprint density at radius 2 is 1.64 bits per heavy atom. The van der Waals surface area contributed by atoms with Crippen LogP contribution in [0.5, 0.6) is 0 Å². The molecule has 0 bridgehead atoms. The summed E-state index contributed by atoms with van der Waals surface area (Å²) in [5.74, 6) is 1.81. The molecule has 2 heterocycles. The van der Waals surface area contributed by atoms with E-state index < -0.39 is 0 Å². The quantitative estimate of drug-likeness (QED) is 0.530. The van der Waals surface area contributed by atoms with Gasteiger partial charge in [0.05, 0.1) is 17.1 Å². The molecule has 0 unspecified atom stereocenters. The third kappa shape index (κ3) is 3.37. The van der Waals surface area contributed by atoms with Gasteiger partial charge in [-0.05, 0) is 0 Å². The van der Waals surface area contributed by atoms with E-state index in [0.29, 0.717) is 0 Å². The van der Waals surface area contributed by atoms with Crippen LogP contribution < -0.4 is 0 Å². The van der Waals surface area contributed by atoms with Crippen LogP contribution in [0.25, 0.3) is 22.5 Å². The molecule has 1 N–H and O–H groups in total. The number of aromatic amines is 1. The van der Waals surface area contributed by atoms with Gasteiger partial charge >= 0.3 is 0 Å². The van der Waals surface area contributed by atoms with Gasteiger partial charge in [-0.25, -0.2) is 9.97 Å². The molecule has 2 aromatic heterocycles. The van der Waals surface area contributed by atoms with Gasteiger partial charge in [0.1, 0.15) is 5.82 Å². The van der Waals surface area contributed by atoms with Gasteiger partial charge in [-0.3, -0.25) is 0 Å². The van der Waals surface area contributed by atoms with Crippen LogP contribution in [0.4, 0.5) is 0 Å². The van der Waals surface area contributed by atoms with Crippen molar-refractivity contribution in [1.82, 2.24) is 19.5 Å². The Labute approximate surface area is 151 Å². The van der Waals surface area contributed by atoms with E-state index in [-0.39, 0.29) is 0 Å². The van der Waals surface area contributed by atoms with Gasteiger partial charge in [0, 0.05) is 30.6 Å². The second-order valence-electron chi connectivity index (χ2n) is 5.74. The molecule has 5 heteroatoms. The molecule has 0 saturated heterocycles. The van der Waals surface area contributed by atoms with Gasteiger partial charge in [0.25, 0.3) is 0 Å². The molecule has 0 fully saturated rings. The highest BCUT2D eigenvalue weighted by Crippen LogP contribution is 2.33. The van der Waals surface area contributed by atoms with E-state index in [1.54, 1.807) is 11.8 Å². The zero-order valence-corrected chi connectivity index (χ0v) is 14.7. The van der Waals surface area contributed by atoms with Crippen LogP contribution in [0.3, 0.4) is 0 Å². The smallest absolute Gasteiger partial charge is 0.166 e. The van der Waals surface area contributed by atoms with Crippen LogP contribution in [0.2, 0.25) is 0 Å². The average Bonchev–Trinajstić information content (AvgIpc) is 3.28. The summed E-state index contributed by atoms with van der Waals surface area (Å²) in [7, 11) is 2.01. The van der Waals surface area contributed by atoms with Crippen molar-refractivity contribution in [1.29, 1.82) is 0 Å². The Morgan fingerprint density at radius 3 is 2.28 bits per heavy atom. The third-order valence-corrected chi connectivity index (χ3v) is 4.92. The number of rotatable bonds is 5. The number of hydrogen-bond donors (Lipinski definition) is 1. The molecule has 4 rings (SSSR count). The molecule has 4 aromatic rings. The van der Waals surface area contributed by atoms with Crippen LogP contribution in [0.15, 0.2) is 78.2 Å². The van der Waals surface area contributed by atoms with Crippen molar-refractivity contribution < 1.29 is 0 Å². The normalized spacial score (nSPS) is 10.9. The fraction of sp³-hybridized carbons (Fsp3) is 0.100. The minimum absolute atomic E-state index is 0.777. The van der Waals surface area contributed by atoms with Gasteiger partial charge in [-0.1, -0.05) is 72.4 Å². The number of aryl methyl sites for hydroxylation is 1. The molecular weight excluding hydrogens is 328 g/mol. The van der Waals surface area contributed by atoms with Gasteiger partial charge in [0.2, 0.25) is 0 Å². The second-order valence-corrected chi connectivity index (χ2v) is 6.70. The van der Waals surface area contributed by atoms with Crippen LogP contribution in [0, 0.1) is 0 Å². The molecule has 0 saturated carbocycles. The minimum atomic E-state index is 0.777. The maximum Gasteiger partial charge on any atom is 0.166 e. The summed E-state index contributed by atoms with van der Waals surface area (Å²) in [6, 6.07) is 20.6. The number of hydrogen-bond acceptors (Lipinski definition) is 3. The maximum absolute atomic E-state index is 4.86. The lowest BCUT2D eigenvalue weighted by Crippen LogP contribution is -1.94. The summed E-state index contributed by atoms with van der Waals surface area (Å²) in [5, 5.41) is 0.903. The monoisotopic (exact) mass is 346 g/mol. The fourth-order valence-corrected chi connectivity index (χ4v) is 3.58. The van der Waals surface area contributed by atoms with E-state index >= 15 is 0 Å². The summed E-state index contributed by atoms with van der Waals surface area (Å²) in [5.41, 5.74) is 4.28. The second kappa shape index (κ2) is 6.99. The lowest BCUT2D eigenvalue weighted by Gasteiger charge is -2.02. The van der Waals surface area contributed by atoms with Crippen molar-refractivity contribution >= 4 is 11.8 Å². The van der Waals surface area contributed by atoms with E-state index in [2.05, 4.69) is 34.2 Å². The predicted molar refractivity (Wildman–Crippen MR) is 102 cm³/mol. The fourth-order valence-electron chi connectivity index (χ4n) is 2.71. The van der Waals surface area contributed by atoms with Crippen molar-refractivity contribution in [2.75, 3.05) is 0 Å². The molecule has 0 aliphatic carbocycles. The van der Waals surface area contributed by atoms with Crippen molar-refractivity contribution in [2.24, 2.45) is 7.05 Å². The van der Waals surface area contributed by atoms with E-state index in [9.17, 15) is 0 Å². The lowest BCUT2D eigenvalue weighted by molar-refractivity contribution is 0.848. The molecule has 0 amide bonds. The number of nitrogens with one attached hydrogen (secondary N) is 1. The third-order valence-electron chi connectivity index (χ3n) is 4.05. The zero-order valence-electron chi connectivity index (χ0n) is 13.9. The van der Waals surface area contributed by atoms with E-state index in [0.717, 1.165) is 39.2 Å². The summed E-state index contributed by atoms with van der Waals surface area (Å²) in [6.45, 7) is 0. The molecule has 2 aromatic carbocycles. The van der Waals surface area contributed by atoms with Crippen LogP contribution in [0.1, 0.15) is 5.82 Å². The molecule has 124 valence electrons. The van der Waals surface area contributed by atoms with Gasteiger partial charge in [-0.2, -0.15) is 0 Å². The first kappa shape index (κ1) is 15.7. The molecule has 25 heavy (non-hydrogen) atoms. The summed E-state index contributed by atoms with van der Waals surface area (Å²) >= 11 is 1.67. The highest BCUT2D eigenvalue weighted by Gasteiger charge is 2.14. The number of nitrogens with zero attached hydrogens (tertiary/aromatic N) is 3. The zero-order chi connectivity index (χ0) is 17.1. The summed E-state index contributed by atoms with van der Waals surface area (Å²) in [4.78, 5) is 12.7. The Kier molecular flexibility index (Phi) is 4.39. The molecule has 0 spiro atoms. The number of H-pyrrole nitrogens is 1. The van der Waals surface area contributed by atoms with Crippen LogP contribution in [-0.4, -0.2) is 19.5 Å². The van der Waals surface area contributed by atoms with Crippen molar-refractivity contribution in [3.8, 4) is 22.5 Å². The van der Waals surface area contributed by atoms with Crippen molar-refractivity contribution in [3.63, 3.8) is 0 Å². The SMILES string of the molecule is Cn1ccnc1CSc1nc(-c2ccccc2)c(-c2ccccc2)[nH]1. The van der Waals surface area contributed by atoms with Crippen LogP contribution in [-0.2, 0) is 12.8 Å². The maximum atomic E-state index is 4.86. The first-order valence-electron chi connectivity index (χ1n) is 8.11. The largest absolute Gasteiger partial charge is 0.337 e. The Morgan fingerprint density at radius 1 is 0.960 bits per heavy atom. The Hall–Kier alpha value is -2.79. The summed E-state index contributed by atoms with van der Waals surface area (Å²) in [6.07, 6.45) is 3.78. The standard InChI is InChI=1S/C20H18N4S/c1-24-13-12-21-17(24)14-25-20-22-18(15-8-4-2-5-9-15)19(23-20)16-10-6-3-7-11-16/h2-13H,14H2,1H3,(H,22,23).